The van der Waals surface area contributed by atoms with Crippen molar-refractivity contribution >= 4 is 11.6 Å². The molecule has 100 valence electrons. The molecule has 0 aromatic heterocycles. The molecule has 0 atom stereocenters. The molecule has 0 amide bonds. The fraction of sp³-hybridized carbons (Fsp3) is 0.200. The van der Waals surface area contributed by atoms with Crippen molar-refractivity contribution in [3.8, 4) is 5.75 Å². The second-order valence-corrected chi connectivity index (χ2v) is 4.67. The Morgan fingerprint density at radius 3 is 2.58 bits per heavy atom. The zero-order valence-electron chi connectivity index (χ0n) is 10.4. The maximum absolute atomic E-state index is 13.4. The highest BCUT2D eigenvalue weighted by Gasteiger charge is 2.05. The predicted octanol–water partition coefficient (Wildman–Crippen LogP) is 3.52. The summed E-state index contributed by atoms with van der Waals surface area (Å²) in [7, 11) is 0. The Labute approximate surface area is 116 Å². The minimum Gasteiger partial charge on any atom is -0.506 e. The van der Waals surface area contributed by atoms with Crippen molar-refractivity contribution in [2.24, 2.45) is 0 Å². The lowest BCUT2D eigenvalue weighted by molar-refractivity contribution is 0.464. The van der Waals surface area contributed by atoms with Crippen LogP contribution in [-0.2, 0) is 13.0 Å². The number of nitrogens with one attached hydrogen (secondary N) is 1. The quantitative estimate of drug-likeness (QED) is 0.821. The maximum atomic E-state index is 13.4. The van der Waals surface area contributed by atoms with E-state index in [0.717, 1.165) is 5.56 Å². The molecule has 2 aromatic rings. The Kier molecular flexibility index (Phi) is 4.77. The average molecular weight is 280 g/mol. The molecule has 0 unspecified atom stereocenters. The summed E-state index contributed by atoms with van der Waals surface area (Å²) in [6, 6.07) is 12.0. The van der Waals surface area contributed by atoms with Crippen LogP contribution in [-0.4, -0.2) is 11.7 Å². The van der Waals surface area contributed by atoms with Gasteiger partial charge in [-0.2, -0.15) is 0 Å². The number of rotatable bonds is 5. The predicted molar refractivity (Wildman–Crippen MR) is 74.9 cm³/mol. The topological polar surface area (TPSA) is 32.3 Å². The third-order valence-corrected chi connectivity index (χ3v) is 3.22. The van der Waals surface area contributed by atoms with E-state index in [0.29, 0.717) is 30.1 Å². The van der Waals surface area contributed by atoms with Gasteiger partial charge >= 0.3 is 0 Å². The van der Waals surface area contributed by atoms with Gasteiger partial charge in [0.25, 0.3) is 0 Å². The molecule has 0 spiro atoms. The highest BCUT2D eigenvalue weighted by atomic mass is 35.5. The molecule has 0 radical (unpaired) electrons. The lowest BCUT2D eigenvalue weighted by Crippen LogP contribution is -2.17. The van der Waals surface area contributed by atoms with Crippen molar-refractivity contribution in [1.29, 1.82) is 0 Å². The van der Waals surface area contributed by atoms with E-state index in [9.17, 15) is 9.50 Å². The summed E-state index contributed by atoms with van der Waals surface area (Å²) >= 11 is 5.82. The standard InChI is InChI=1S/C15H15ClFNO/c16-13-6-3-5-12(15(13)19)10-18-9-8-11-4-1-2-7-14(11)17/h1-7,18-19H,8-10H2. The first-order valence-corrected chi connectivity index (χ1v) is 6.47. The molecule has 2 N–H and O–H groups in total. The number of aromatic hydroxyl groups is 1. The third-order valence-electron chi connectivity index (χ3n) is 2.91. The summed E-state index contributed by atoms with van der Waals surface area (Å²) in [6.07, 6.45) is 0.605. The van der Waals surface area contributed by atoms with Crippen LogP contribution in [0, 0.1) is 5.82 Å². The zero-order chi connectivity index (χ0) is 13.7. The number of phenols is 1. The van der Waals surface area contributed by atoms with Crippen LogP contribution in [0.15, 0.2) is 42.5 Å². The number of phenolic OH excluding ortho intramolecular Hbond substituents is 1. The van der Waals surface area contributed by atoms with Gasteiger partial charge in [0.2, 0.25) is 0 Å². The van der Waals surface area contributed by atoms with Crippen LogP contribution in [0.3, 0.4) is 0 Å². The first-order chi connectivity index (χ1) is 9.18. The minimum absolute atomic E-state index is 0.0996. The van der Waals surface area contributed by atoms with E-state index in [1.807, 2.05) is 6.07 Å². The Bertz CT molecular complexity index is 560. The summed E-state index contributed by atoms with van der Waals surface area (Å²) in [4.78, 5) is 0. The fourth-order valence-corrected chi connectivity index (χ4v) is 2.04. The van der Waals surface area contributed by atoms with Gasteiger partial charge in [0.1, 0.15) is 11.6 Å². The van der Waals surface area contributed by atoms with Gasteiger partial charge in [0.05, 0.1) is 5.02 Å². The van der Waals surface area contributed by atoms with E-state index < -0.39 is 0 Å². The second-order valence-electron chi connectivity index (χ2n) is 4.27. The van der Waals surface area contributed by atoms with Gasteiger partial charge < -0.3 is 10.4 Å². The molecule has 0 aliphatic rings. The van der Waals surface area contributed by atoms with Gasteiger partial charge in [-0.05, 0) is 30.7 Å². The molecule has 4 heteroatoms. The van der Waals surface area contributed by atoms with Crippen molar-refractivity contribution in [3.63, 3.8) is 0 Å². The second kappa shape index (κ2) is 6.55. The van der Waals surface area contributed by atoms with Crippen molar-refractivity contribution in [3.05, 3.63) is 64.4 Å². The van der Waals surface area contributed by atoms with Gasteiger partial charge in [0.15, 0.2) is 0 Å². The monoisotopic (exact) mass is 279 g/mol. The lowest BCUT2D eigenvalue weighted by atomic mass is 10.1. The summed E-state index contributed by atoms with van der Waals surface area (Å²) < 4.78 is 13.4. The van der Waals surface area contributed by atoms with E-state index in [4.69, 9.17) is 11.6 Å². The van der Waals surface area contributed by atoms with E-state index in [2.05, 4.69) is 5.32 Å². The van der Waals surface area contributed by atoms with Crippen molar-refractivity contribution in [2.75, 3.05) is 6.54 Å². The smallest absolute Gasteiger partial charge is 0.138 e. The normalized spacial score (nSPS) is 10.6. The highest BCUT2D eigenvalue weighted by Crippen LogP contribution is 2.26. The van der Waals surface area contributed by atoms with E-state index in [1.54, 1.807) is 30.3 Å². The molecule has 0 bridgehead atoms. The van der Waals surface area contributed by atoms with Gasteiger partial charge in [-0.15, -0.1) is 0 Å². The molecule has 2 nitrogen and oxygen atoms in total. The molecule has 19 heavy (non-hydrogen) atoms. The molecule has 0 aliphatic carbocycles. The van der Waals surface area contributed by atoms with Gasteiger partial charge in [-0.25, -0.2) is 4.39 Å². The summed E-state index contributed by atoms with van der Waals surface area (Å²) in [5.41, 5.74) is 1.42. The van der Waals surface area contributed by atoms with Gasteiger partial charge in [0, 0.05) is 12.1 Å². The van der Waals surface area contributed by atoms with Crippen LogP contribution < -0.4 is 5.32 Å². The van der Waals surface area contributed by atoms with Gasteiger partial charge in [-0.1, -0.05) is 41.9 Å². The van der Waals surface area contributed by atoms with Crippen molar-refractivity contribution in [2.45, 2.75) is 13.0 Å². The Balaban J connectivity index is 1.84. The van der Waals surface area contributed by atoms with Crippen LogP contribution in [0.4, 0.5) is 4.39 Å². The average Bonchev–Trinajstić information content (AvgIpc) is 2.41. The molecule has 0 saturated heterocycles. The first-order valence-electron chi connectivity index (χ1n) is 6.09. The zero-order valence-corrected chi connectivity index (χ0v) is 11.1. The summed E-state index contributed by atoms with van der Waals surface area (Å²) in [5, 5.41) is 13.2. The lowest BCUT2D eigenvalue weighted by Gasteiger charge is -2.08. The summed E-state index contributed by atoms with van der Waals surface area (Å²) in [5.74, 6) is -0.0857. The Morgan fingerprint density at radius 2 is 1.79 bits per heavy atom. The third kappa shape index (κ3) is 3.69. The molecule has 2 rings (SSSR count). The minimum atomic E-state index is -0.185. The fourth-order valence-electron chi connectivity index (χ4n) is 1.85. The van der Waals surface area contributed by atoms with Gasteiger partial charge in [-0.3, -0.25) is 0 Å². The molecular weight excluding hydrogens is 265 g/mol. The molecular formula is C15H15ClFNO. The Hall–Kier alpha value is -1.58. The van der Waals surface area contributed by atoms with E-state index >= 15 is 0 Å². The molecule has 2 aromatic carbocycles. The summed E-state index contributed by atoms with van der Waals surface area (Å²) in [6.45, 7) is 1.13. The van der Waals surface area contributed by atoms with Crippen LogP contribution in [0.2, 0.25) is 5.02 Å². The van der Waals surface area contributed by atoms with Crippen LogP contribution in [0.1, 0.15) is 11.1 Å². The molecule has 0 aliphatic heterocycles. The highest BCUT2D eigenvalue weighted by molar-refractivity contribution is 6.32. The number of hydrogen-bond donors (Lipinski definition) is 2. The van der Waals surface area contributed by atoms with E-state index in [1.165, 1.54) is 6.07 Å². The number of para-hydroxylation sites is 1. The van der Waals surface area contributed by atoms with Crippen molar-refractivity contribution in [1.82, 2.24) is 5.32 Å². The molecule has 0 heterocycles. The van der Waals surface area contributed by atoms with Crippen LogP contribution in [0.5, 0.6) is 5.75 Å². The largest absolute Gasteiger partial charge is 0.506 e. The number of hydrogen-bond acceptors (Lipinski definition) is 2. The van der Waals surface area contributed by atoms with E-state index in [-0.39, 0.29) is 11.6 Å². The number of halogens is 2. The Morgan fingerprint density at radius 1 is 1.05 bits per heavy atom. The number of benzene rings is 2. The SMILES string of the molecule is Oc1c(Cl)cccc1CNCCc1ccccc1F. The maximum Gasteiger partial charge on any atom is 0.138 e. The first kappa shape index (κ1) is 13.8. The molecule has 0 saturated carbocycles. The van der Waals surface area contributed by atoms with Crippen molar-refractivity contribution < 1.29 is 9.50 Å². The van der Waals surface area contributed by atoms with Crippen LogP contribution in [0.25, 0.3) is 0 Å². The molecule has 0 fully saturated rings. The van der Waals surface area contributed by atoms with Crippen LogP contribution >= 0.6 is 11.6 Å².